The van der Waals surface area contributed by atoms with E-state index in [1.807, 2.05) is 33.1 Å². The van der Waals surface area contributed by atoms with Crippen molar-refractivity contribution in [3.8, 4) is 0 Å². The molecule has 5 aliphatic rings. The third-order valence-electron chi connectivity index (χ3n) is 10.3. The minimum Gasteiger partial charge on any atom is -0.355 e. The predicted molar refractivity (Wildman–Crippen MR) is 196 cm³/mol. The van der Waals surface area contributed by atoms with Gasteiger partial charge in [0.25, 0.3) is 0 Å². The zero-order valence-corrected chi connectivity index (χ0v) is 32.6. The molecule has 0 bridgehead atoms. The molecule has 1 aromatic carbocycles. The quantitative estimate of drug-likeness (QED) is 0.412. The predicted octanol–water partition coefficient (Wildman–Crippen LogP) is 1.50. The number of nitrogens with zero attached hydrogens (tertiary/aromatic N) is 6. The van der Waals surface area contributed by atoms with Crippen molar-refractivity contribution in [2.75, 3.05) is 115 Å². The molecule has 13 nitrogen and oxygen atoms in total. The zero-order chi connectivity index (χ0) is 36.7. The molecule has 2 atom stereocenters. The maximum Gasteiger partial charge on any atom is 0.245 e. The lowest BCUT2D eigenvalue weighted by atomic mass is 10.0. The molecule has 0 radical (unpaired) electrons. The van der Waals surface area contributed by atoms with Crippen molar-refractivity contribution in [1.82, 2.24) is 34.1 Å². The second-order valence-corrected chi connectivity index (χ2v) is 17.3. The Hall–Kier alpha value is -1.85. The number of ether oxygens (including phenoxy) is 2. The van der Waals surface area contributed by atoms with Crippen LogP contribution in [-0.4, -0.2) is 187 Å². The average Bonchev–Trinajstić information content (AvgIpc) is 3.62. The standard InChI is InChI=1S/C19H29N3O4S.C11H23N3O.C6H11NO/c1-15(23)16-5-7-18(8-6-16)27(24,25)22-14-17(13-20(2)3)26-19(22)9-11-21(4)12-10-19;1-13(2)9-10-8-12-11(15-10)4-6-14(3)7-5-11;1-7-4-2-6(8)3-5-7/h5-8,17H,9-14H2,1-4H3;10,12H,4-9H2,1-3H3;2-5H2,1H3. The van der Waals surface area contributed by atoms with Crippen molar-refractivity contribution >= 4 is 21.6 Å². The Bertz CT molecular complexity index is 1350. The first kappa shape index (κ1) is 40.9. The highest BCUT2D eigenvalue weighted by Gasteiger charge is 2.53. The number of nitrogens with one attached hydrogen (secondary N) is 1. The number of likely N-dealkylation sites (N-methyl/N-ethyl adjacent to an activating group) is 2. The Labute approximate surface area is 301 Å². The number of likely N-dealkylation sites (tertiary alicyclic amines) is 3. The van der Waals surface area contributed by atoms with Crippen LogP contribution in [0, 0.1) is 0 Å². The maximum absolute atomic E-state index is 13.4. The van der Waals surface area contributed by atoms with E-state index in [0.717, 1.165) is 78.0 Å². The number of hydrogen-bond donors (Lipinski definition) is 1. The van der Waals surface area contributed by atoms with Crippen molar-refractivity contribution in [3.05, 3.63) is 29.8 Å². The van der Waals surface area contributed by atoms with Crippen molar-refractivity contribution in [2.45, 2.75) is 74.0 Å². The summed E-state index contributed by atoms with van der Waals surface area (Å²) in [4.78, 5) is 33.2. The van der Waals surface area contributed by atoms with E-state index >= 15 is 0 Å². The molecule has 50 heavy (non-hydrogen) atoms. The molecule has 1 N–H and O–H groups in total. The van der Waals surface area contributed by atoms with Crippen LogP contribution in [0.2, 0.25) is 0 Å². The molecule has 0 aliphatic carbocycles. The topological polar surface area (TPSA) is 118 Å². The van der Waals surface area contributed by atoms with Crippen LogP contribution in [-0.2, 0) is 24.3 Å². The number of piperidine rings is 3. The summed E-state index contributed by atoms with van der Waals surface area (Å²) in [6.07, 6.45) is 5.27. The number of carbonyl (C=O) groups excluding carboxylic acids is 2. The van der Waals surface area contributed by atoms with Crippen LogP contribution in [0.4, 0.5) is 0 Å². The van der Waals surface area contributed by atoms with Crippen molar-refractivity contribution < 1.29 is 27.5 Å². The second kappa shape index (κ2) is 17.8. The van der Waals surface area contributed by atoms with E-state index < -0.39 is 15.7 Å². The molecule has 284 valence electrons. The molecule has 0 amide bonds. The molecule has 5 heterocycles. The van der Waals surface area contributed by atoms with Crippen LogP contribution in [0.3, 0.4) is 0 Å². The van der Waals surface area contributed by atoms with Crippen LogP contribution in [0.15, 0.2) is 29.2 Å². The fourth-order valence-electron chi connectivity index (χ4n) is 7.25. The van der Waals surface area contributed by atoms with Gasteiger partial charge >= 0.3 is 0 Å². The number of ketones is 2. The highest BCUT2D eigenvalue weighted by Crippen LogP contribution is 2.40. The summed E-state index contributed by atoms with van der Waals surface area (Å²) in [5.74, 6) is 0.337. The van der Waals surface area contributed by atoms with Gasteiger partial charge in [-0.25, -0.2) is 8.42 Å². The zero-order valence-electron chi connectivity index (χ0n) is 31.8. The first-order chi connectivity index (χ1) is 23.5. The number of hydrogen-bond acceptors (Lipinski definition) is 12. The Morgan fingerprint density at radius 2 is 1.30 bits per heavy atom. The minimum atomic E-state index is -3.72. The van der Waals surface area contributed by atoms with Gasteiger partial charge in [-0.1, -0.05) is 12.1 Å². The van der Waals surface area contributed by atoms with E-state index in [4.69, 9.17) is 9.47 Å². The smallest absolute Gasteiger partial charge is 0.245 e. The lowest BCUT2D eigenvalue weighted by Crippen LogP contribution is -2.54. The third kappa shape index (κ3) is 11.1. The Kier molecular flexibility index (Phi) is 14.6. The summed E-state index contributed by atoms with van der Waals surface area (Å²) in [7, 11) is 10.7. The molecule has 2 unspecified atom stereocenters. The second-order valence-electron chi connectivity index (χ2n) is 15.4. The third-order valence-corrected chi connectivity index (χ3v) is 12.3. The molecular formula is C36H63N7O6S. The van der Waals surface area contributed by atoms with Crippen molar-refractivity contribution in [3.63, 3.8) is 0 Å². The molecule has 1 aromatic rings. The molecule has 0 aromatic heterocycles. The van der Waals surface area contributed by atoms with Crippen LogP contribution < -0.4 is 5.32 Å². The Balaban J connectivity index is 0.000000202. The molecule has 5 saturated heterocycles. The van der Waals surface area contributed by atoms with E-state index in [2.05, 4.69) is 46.1 Å². The van der Waals surface area contributed by atoms with Crippen molar-refractivity contribution in [2.24, 2.45) is 0 Å². The first-order valence-electron chi connectivity index (χ1n) is 18.1. The van der Waals surface area contributed by atoms with Gasteiger partial charge in [-0.3, -0.25) is 14.9 Å². The van der Waals surface area contributed by atoms with E-state index in [-0.39, 0.29) is 22.5 Å². The fourth-order valence-corrected chi connectivity index (χ4v) is 9.02. The van der Waals surface area contributed by atoms with E-state index in [1.165, 1.54) is 19.1 Å². The van der Waals surface area contributed by atoms with Gasteiger partial charge in [0.2, 0.25) is 10.0 Å². The normalized spacial score (nSPS) is 26.2. The summed E-state index contributed by atoms with van der Waals surface area (Å²) in [5, 5.41) is 3.57. The van der Waals surface area contributed by atoms with Gasteiger partial charge in [0.05, 0.1) is 17.1 Å². The van der Waals surface area contributed by atoms with E-state index in [9.17, 15) is 18.0 Å². The molecule has 0 saturated carbocycles. The van der Waals surface area contributed by atoms with Gasteiger partial charge < -0.3 is 34.0 Å². The van der Waals surface area contributed by atoms with E-state index in [1.54, 1.807) is 16.4 Å². The van der Waals surface area contributed by atoms with E-state index in [0.29, 0.717) is 43.4 Å². The highest BCUT2D eigenvalue weighted by atomic mass is 32.2. The maximum atomic E-state index is 13.4. The monoisotopic (exact) mass is 721 g/mol. The van der Waals surface area contributed by atoms with Crippen molar-refractivity contribution in [1.29, 1.82) is 0 Å². The summed E-state index contributed by atoms with van der Waals surface area (Å²) >= 11 is 0. The fraction of sp³-hybridized carbons (Fsp3) is 0.778. The van der Waals surface area contributed by atoms with Gasteiger partial charge in [-0.2, -0.15) is 4.31 Å². The number of rotatable bonds is 7. The molecule has 2 spiro atoms. The number of benzene rings is 1. The van der Waals surface area contributed by atoms with Gasteiger partial charge in [0.15, 0.2) is 5.78 Å². The van der Waals surface area contributed by atoms with Crippen LogP contribution in [0.25, 0.3) is 0 Å². The average molecular weight is 722 g/mol. The molecule has 6 rings (SSSR count). The Morgan fingerprint density at radius 3 is 1.80 bits per heavy atom. The SMILES string of the molecule is CC(=O)c1ccc(S(=O)(=O)N2CC(CN(C)C)OC23CCN(C)CC3)cc1.CN(C)CC1CNC2(CCN(C)CC2)O1.CN1CCC(=O)CC1. The van der Waals surface area contributed by atoms with Gasteiger partial charge in [-0.15, -0.1) is 0 Å². The molecule has 5 fully saturated rings. The van der Waals surface area contributed by atoms with Crippen LogP contribution in [0.1, 0.15) is 55.8 Å². The minimum absolute atomic E-state index is 0.00676. The summed E-state index contributed by atoms with van der Waals surface area (Å²) in [5.41, 5.74) is -0.288. The molecular weight excluding hydrogens is 659 g/mol. The first-order valence-corrected chi connectivity index (χ1v) is 19.6. The van der Waals surface area contributed by atoms with Gasteiger partial charge in [-0.05, 0) is 68.4 Å². The lowest BCUT2D eigenvalue weighted by molar-refractivity contribution is -0.121. The Morgan fingerprint density at radius 1 is 0.800 bits per heavy atom. The lowest BCUT2D eigenvalue weighted by Gasteiger charge is -2.42. The van der Waals surface area contributed by atoms with Crippen LogP contribution >= 0.6 is 0 Å². The molecule has 5 aliphatic heterocycles. The largest absolute Gasteiger partial charge is 0.355 e. The summed E-state index contributed by atoms with van der Waals surface area (Å²) in [6.45, 7) is 10.3. The number of sulfonamides is 1. The number of Topliss-reactive ketones (excluding diaryl/α,β-unsaturated/α-hetero) is 2. The molecule has 14 heteroatoms. The highest BCUT2D eigenvalue weighted by molar-refractivity contribution is 7.89. The number of carbonyl (C=O) groups is 2. The summed E-state index contributed by atoms with van der Waals surface area (Å²) in [6, 6.07) is 6.19. The summed E-state index contributed by atoms with van der Waals surface area (Å²) < 4.78 is 41.0. The van der Waals surface area contributed by atoms with Gasteiger partial charge in [0, 0.05) is 110 Å². The van der Waals surface area contributed by atoms with Gasteiger partial charge in [0.1, 0.15) is 17.2 Å². The van der Waals surface area contributed by atoms with Crippen LogP contribution in [0.5, 0.6) is 0 Å².